The van der Waals surface area contributed by atoms with Crippen molar-refractivity contribution in [3.63, 3.8) is 0 Å². The first-order valence-electron chi connectivity index (χ1n) is 7.52. The van der Waals surface area contributed by atoms with Gasteiger partial charge < -0.3 is 10.2 Å². The lowest BCUT2D eigenvalue weighted by Gasteiger charge is -2.26. The number of unbranched alkanes of at least 4 members (excludes halogenated alkanes) is 1. The third-order valence-corrected chi connectivity index (χ3v) is 4.45. The van der Waals surface area contributed by atoms with Crippen LogP contribution >= 0.6 is 15.9 Å². The zero-order valence-corrected chi connectivity index (χ0v) is 13.5. The van der Waals surface area contributed by atoms with E-state index >= 15 is 0 Å². The number of carbonyl (C=O) groups excluding carboxylic acids is 1. The number of nitrogens with zero attached hydrogens (tertiary/aromatic N) is 1. The van der Waals surface area contributed by atoms with Crippen LogP contribution in [0.5, 0.6) is 0 Å². The Morgan fingerprint density at radius 2 is 1.90 bits per heavy atom. The van der Waals surface area contributed by atoms with E-state index in [1.807, 2.05) is 24.3 Å². The molecule has 1 heterocycles. The molecule has 0 bridgehead atoms. The van der Waals surface area contributed by atoms with E-state index in [2.05, 4.69) is 26.1 Å². The molecule has 3 nitrogen and oxygen atoms in total. The van der Waals surface area contributed by atoms with E-state index in [-0.39, 0.29) is 5.91 Å². The van der Waals surface area contributed by atoms with Gasteiger partial charge in [0, 0.05) is 11.0 Å². The summed E-state index contributed by atoms with van der Waals surface area (Å²) in [5.41, 5.74) is 0.712. The highest BCUT2D eigenvalue weighted by Gasteiger charge is 2.10. The summed E-state index contributed by atoms with van der Waals surface area (Å²) in [7, 11) is 0. The summed E-state index contributed by atoms with van der Waals surface area (Å²) in [4.78, 5) is 14.5. The normalized spacial score (nSPS) is 16.1. The summed E-state index contributed by atoms with van der Waals surface area (Å²) in [6.07, 6.45) is 6.29. The van der Waals surface area contributed by atoms with Crippen molar-refractivity contribution in [3.8, 4) is 0 Å². The van der Waals surface area contributed by atoms with Gasteiger partial charge in [0.2, 0.25) is 0 Å². The molecule has 0 atom stereocenters. The average molecular weight is 339 g/mol. The van der Waals surface area contributed by atoms with Gasteiger partial charge in [-0.3, -0.25) is 4.79 Å². The van der Waals surface area contributed by atoms with Crippen LogP contribution in [0, 0.1) is 0 Å². The van der Waals surface area contributed by atoms with Gasteiger partial charge in [0.05, 0.1) is 5.56 Å². The molecule has 1 aliphatic rings. The molecule has 20 heavy (non-hydrogen) atoms. The molecule has 1 aliphatic heterocycles. The summed E-state index contributed by atoms with van der Waals surface area (Å²) in [6, 6.07) is 7.54. The molecular formula is C16H23BrN2O. The van der Waals surface area contributed by atoms with Crippen molar-refractivity contribution in [2.24, 2.45) is 0 Å². The number of rotatable bonds is 6. The molecule has 1 fully saturated rings. The number of amides is 1. The van der Waals surface area contributed by atoms with E-state index in [4.69, 9.17) is 0 Å². The van der Waals surface area contributed by atoms with Gasteiger partial charge in [0.15, 0.2) is 0 Å². The van der Waals surface area contributed by atoms with Gasteiger partial charge in [0.1, 0.15) is 0 Å². The van der Waals surface area contributed by atoms with Gasteiger partial charge in [-0.2, -0.15) is 0 Å². The molecule has 0 saturated carbocycles. The minimum atomic E-state index is 0.00967. The fraction of sp³-hybridized carbons (Fsp3) is 0.562. The molecule has 110 valence electrons. The Labute approximate surface area is 129 Å². The van der Waals surface area contributed by atoms with Crippen molar-refractivity contribution in [1.29, 1.82) is 0 Å². The van der Waals surface area contributed by atoms with Gasteiger partial charge in [-0.15, -0.1) is 0 Å². The number of likely N-dealkylation sites (tertiary alicyclic amines) is 1. The van der Waals surface area contributed by atoms with Crippen LogP contribution in [0.4, 0.5) is 0 Å². The third-order valence-electron chi connectivity index (χ3n) is 3.75. The summed E-state index contributed by atoms with van der Waals surface area (Å²) < 4.78 is 0.853. The molecule has 1 N–H and O–H groups in total. The molecule has 0 aliphatic carbocycles. The van der Waals surface area contributed by atoms with Crippen molar-refractivity contribution in [2.75, 3.05) is 26.2 Å². The standard InChI is InChI=1S/C16H23BrN2O/c17-15-9-3-2-8-14(15)16(20)18-10-4-7-13-19-11-5-1-6-12-19/h2-3,8-9H,1,4-7,10-13H2,(H,18,20). The highest BCUT2D eigenvalue weighted by Crippen LogP contribution is 2.15. The van der Waals surface area contributed by atoms with Crippen molar-refractivity contribution < 1.29 is 4.79 Å². The zero-order valence-electron chi connectivity index (χ0n) is 11.9. The maximum atomic E-state index is 12.0. The van der Waals surface area contributed by atoms with Gasteiger partial charge in [0.25, 0.3) is 5.91 Å². The van der Waals surface area contributed by atoms with Gasteiger partial charge in [-0.05, 0) is 73.4 Å². The van der Waals surface area contributed by atoms with Crippen LogP contribution in [0.3, 0.4) is 0 Å². The topological polar surface area (TPSA) is 32.3 Å². The predicted molar refractivity (Wildman–Crippen MR) is 86.0 cm³/mol. The fourth-order valence-corrected chi connectivity index (χ4v) is 3.05. The SMILES string of the molecule is O=C(NCCCCN1CCCCC1)c1ccccc1Br. The molecule has 4 heteroatoms. The fourth-order valence-electron chi connectivity index (χ4n) is 2.59. The Morgan fingerprint density at radius 3 is 2.65 bits per heavy atom. The van der Waals surface area contributed by atoms with Crippen LogP contribution in [-0.2, 0) is 0 Å². The van der Waals surface area contributed by atoms with Crippen molar-refractivity contribution in [3.05, 3.63) is 34.3 Å². The summed E-state index contributed by atoms with van der Waals surface area (Å²) in [5.74, 6) is 0.00967. The number of carbonyl (C=O) groups is 1. The van der Waals surface area contributed by atoms with E-state index < -0.39 is 0 Å². The Bertz CT molecular complexity index is 430. The Balaban J connectivity index is 1.61. The molecule has 0 unspecified atom stereocenters. The van der Waals surface area contributed by atoms with Crippen LogP contribution in [0.2, 0.25) is 0 Å². The second-order valence-corrected chi connectivity index (χ2v) is 6.20. The number of halogens is 1. The molecule has 1 aromatic carbocycles. The number of hydrogen-bond donors (Lipinski definition) is 1. The van der Waals surface area contributed by atoms with E-state index in [0.29, 0.717) is 5.56 Å². The van der Waals surface area contributed by atoms with E-state index in [9.17, 15) is 4.79 Å². The van der Waals surface area contributed by atoms with Crippen LogP contribution < -0.4 is 5.32 Å². The van der Waals surface area contributed by atoms with Gasteiger partial charge in [-0.1, -0.05) is 18.6 Å². The van der Waals surface area contributed by atoms with Gasteiger partial charge in [-0.25, -0.2) is 0 Å². The van der Waals surface area contributed by atoms with Crippen molar-refractivity contribution in [2.45, 2.75) is 32.1 Å². The Morgan fingerprint density at radius 1 is 1.15 bits per heavy atom. The van der Waals surface area contributed by atoms with Crippen molar-refractivity contribution in [1.82, 2.24) is 10.2 Å². The molecule has 0 radical (unpaired) electrons. The summed E-state index contributed by atoms with van der Waals surface area (Å²) in [6.45, 7) is 4.44. The molecule has 0 spiro atoms. The highest BCUT2D eigenvalue weighted by molar-refractivity contribution is 9.10. The lowest BCUT2D eigenvalue weighted by Crippen LogP contribution is -2.31. The molecule has 1 aromatic rings. The molecule has 1 amide bonds. The predicted octanol–water partition coefficient (Wildman–Crippen LogP) is 3.45. The Hall–Kier alpha value is -0.870. The second-order valence-electron chi connectivity index (χ2n) is 5.35. The van der Waals surface area contributed by atoms with E-state index in [1.54, 1.807) is 0 Å². The lowest BCUT2D eigenvalue weighted by molar-refractivity contribution is 0.0951. The monoisotopic (exact) mass is 338 g/mol. The molecular weight excluding hydrogens is 316 g/mol. The van der Waals surface area contributed by atoms with Crippen LogP contribution in [0.25, 0.3) is 0 Å². The number of nitrogens with one attached hydrogen (secondary N) is 1. The maximum Gasteiger partial charge on any atom is 0.252 e. The minimum absolute atomic E-state index is 0.00967. The largest absolute Gasteiger partial charge is 0.352 e. The van der Waals surface area contributed by atoms with E-state index in [1.165, 1.54) is 38.9 Å². The highest BCUT2D eigenvalue weighted by atomic mass is 79.9. The first kappa shape index (κ1) is 15.5. The first-order valence-corrected chi connectivity index (χ1v) is 8.32. The smallest absolute Gasteiger partial charge is 0.252 e. The van der Waals surface area contributed by atoms with Gasteiger partial charge >= 0.3 is 0 Å². The van der Waals surface area contributed by atoms with E-state index in [0.717, 1.165) is 23.9 Å². The number of piperidine rings is 1. The zero-order chi connectivity index (χ0) is 14.2. The average Bonchev–Trinajstić information content (AvgIpc) is 2.48. The minimum Gasteiger partial charge on any atom is -0.352 e. The third kappa shape index (κ3) is 4.91. The number of benzene rings is 1. The maximum absolute atomic E-state index is 12.0. The molecule has 1 saturated heterocycles. The van der Waals surface area contributed by atoms with Crippen molar-refractivity contribution >= 4 is 21.8 Å². The van der Waals surface area contributed by atoms with Crippen LogP contribution in [0.15, 0.2) is 28.7 Å². The molecule has 0 aromatic heterocycles. The number of hydrogen-bond acceptors (Lipinski definition) is 2. The summed E-state index contributed by atoms with van der Waals surface area (Å²) >= 11 is 3.40. The van der Waals surface area contributed by atoms with Crippen LogP contribution in [-0.4, -0.2) is 37.0 Å². The van der Waals surface area contributed by atoms with Crippen LogP contribution in [0.1, 0.15) is 42.5 Å². The first-order chi connectivity index (χ1) is 9.77. The molecule has 2 rings (SSSR count). The quantitative estimate of drug-likeness (QED) is 0.805. The Kier molecular flexibility index (Phi) is 6.54. The lowest BCUT2D eigenvalue weighted by atomic mass is 10.1. The second kappa shape index (κ2) is 8.42. The summed E-state index contributed by atoms with van der Waals surface area (Å²) in [5, 5.41) is 2.99.